The normalized spacial score (nSPS) is 27.2. The van der Waals surface area contributed by atoms with Crippen molar-refractivity contribution in [2.24, 2.45) is 5.41 Å². The predicted octanol–water partition coefficient (Wildman–Crippen LogP) is 2.61. The van der Waals surface area contributed by atoms with Crippen LogP contribution in [0.5, 0.6) is 5.75 Å². The molecule has 2 saturated heterocycles. The number of methoxy groups -OCH3 is 1. The molecule has 138 valence electrons. The third kappa shape index (κ3) is 4.52. The lowest BCUT2D eigenvalue weighted by Crippen LogP contribution is -2.57. The van der Waals surface area contributed by atoms with E-state index in [9.17, 15) is 9.50 Å². The van der Waals surface area contributed by atoms with E-state index in [2.05, 4.69) is 10.2 Å². The van der Waals surface area contributed by atoms with Gasteiger partial charge in [-0.3, -0.25) is 4.90 Å². The van der Waals surface area contributed by atoms with Gasteiger partial charge in [-0.25, -0.2) is 4.39 Å². The number of rotatable bonds is 3. The molecule has 0 radical (unpaired) electrons. The largest absolute Gasteiger partial charge is 0.497 e. The molecule has 0 unspecified atom stereocenters. The molecular weight excluding hydrogens is 354 g/mol. The first-order valence-electron chi connectivity index (χ1n) is 8.06. The van der Waals surface area contributed by atoms with Crippen molar-refractivity contribution >= 4 is 24.8 Å². The first kappa shape index (κ1) is 21.5. The Morgan fingerprint density at radius 2 is 2.21 bits per heavy atom. The monoisotopic (exact) mass is 380 g/mol. The summed E-state index contributed by atoms with van der Waals surface area (Å²) in [4.78, 5) is 2.27. The van der Waals surface area contributed by atoms with Crippen molar-refractivity contribution in [2.75, 3.05) is 33.3 Å². The van der Waals surface area contributed by atoms with Gasteiger partial charge in [-0.1, -0.05) is 6.07 Å². The minimum Gasteiger partial charge on any atom is -0.497 e. The average molecular weight is 381 g/mol. The molecule has 0 aliphatic carbocycles. The molecule has 1 spiro atoms. The second-order valence-corrected chi connectivity index (χ2v) is 6.62. The van der Waals surface area contributed by atoms with Gasteiger partial charge in [0.1, 0.15) is 11.6 Å². The molecule has 2 aliphatic heterocycles. The zero-order chi connectivity index (χ0) is 15.6. The summed E-state index contributed by atoms with van der Waals surface area (Å²) in [6, 6.07) is 5.03. The molecule has 0 amide bonds. The summed E-state index contributed by atoms with van der Waals surface area (Å²) < 4.78 is 19.2. The standard InChI is InChI=1S/C17H25FN2O2.2ClH/c1-22-14-4-3-13(15(18)9-14)10-20-8-2-6-17(12-20)11-19-7-5-16(17)21;;/h3-4,9,16,19,21H,2,5-8,10-12H2,1H3;2*1H/t16-,17-;;/m0../s1. The van der Waals surface area contributed by atoms with E-state index >= 15 is 0 Å². The lowest BCUT2D eigenvalue weighted by Gasteiger charge is -2.48. The number of hydrogen-bond acceptors (Lipinski definition) is 4. The zero-order valence-electron chi connectivity index (χ0n) is 14.0. The Hall–Kier alpha value is -0.590. The van der Waals surface area contributed by atoms with Crippen LogP contribution in [0.25, 0.3) is 0 Å². The maximum absolute atomic E-state index is 14.1. The fourth-order valence-corrected chi connectivity index (χ4v) is 3.83. The van der Waals surface area contributed by atoms with E-state index < -0.39 is 0 Å². The molecule has 1 aromatic rings. The van der Waals surface area contributed by atoms with Crippen LogP contribution in [0.4, 0.5) is 4.39 Å². The number of aliphatic hydroxyl groups is 1. The number of hydrogen-bond donors (Lipinski definition) is 2. The number of halogens is 3. The van der Waals surface area contributed by atoms with Gasteiger partial charge in [-0.2, -0.15) is 0 Å². The molecule has 7 heteroatoms. The Morgan fingerprint density at radius 1 is 1.42 bits per heavy atom. The molecule has 24 heavy (non-hydrogen) atoms. The fraction of sp³-hybridized carbons (Fsp3) is 0.647. The van der Waals surface area contributed by atoms with E-state index in [1.54, 1.807) is 19.2 Å². The van der Waals surface area contributed by atoms with Crippen LogP contribution in [0.15, 0.2) is 18.2 Å². The lowest BCUT2D eigenvalue weighted by atomic mass is 9.72. The summed E-state index contributed by atoms with van der Waals surface area (Å²) in [7, 11) is 1.54. The van der Waals surface area contributed by atoms with Crippen LogP contribution in [0, 0.1) is 11.2 Å². The number of aliphatic hydroxyl groups excluding tert-OH is 1. The van der Waals surface area contributed by atoms with E-state index in [0.717, 1.165) is 45.4 Å². The van der Waals surface area contributed by atoms with Crippen molar-refractivity contribution < 1.29 is 14.2 Å². The Balaban J connectivity index is 0.00000144. The molecule has 4 nitrogen and oxygen atoms in total. The minimum atomic E-state index is -0.253. The summed E-state index contributed by atoms with van der Waals surface area (Å²) in [5.41, 5.74) is 0.621. The fourth-order valence-electron chi connectivity index (χ4n) is 3.83. The third-order valence-corrected chi connectivity index (χ3v) is 5.12. The van der Waals surface area contributed by atoms with Crippen molar-refractivity contribution in [3.8, 4) is 5.75 Å². The van der Waals surface area contributed by atoms with Gasteiger partial charge in [0.2, 0.25) is 0 Å². The number of nitrogens with one attached hydrogen (secondary N) is 1. The molecule has 0 bridgehead atoms. The maximum atomic E-state index is 14.1. The Labute approximate surface area is 155 Å². The SMILES string of the molecule is COc1ccc(CN2CCC[C@]3(CNCC[C@@H]3O)C2)c(F)c1.Cl.Cl. The van der Waals surface area contributed by atoms with Crippen LogP contribution < -0.4 is 10.1 Å². The smallest absolute Gasteiger partial charge is 0.131 e. The number of likely N-dealkylation sites (tertiary alicyclic amines) is 1. The summed E-state index contributed by atoms with van der Waals surface area (Å²) in [6.07, 6.45) is 2.65. The Kier molecular flexibility index (Phi) is 8.23. The van der Waals surface area contributed by atoms with Gasteiger partial charge in [0.05, 0.1) is 13.2 Å². The molecule has 0 saturated carbocycles. The molecule has 2 N–H and O–H groups in total. The highest BCUT2D eigenvalue weighted by molar-refractivity contribution is 5.85. The van der Waals surface area contributed by atoms with Crippen LogP contribution in [-0.4, -0.2) is 49.4 Å². The summed E-state index contributed by atoms with van der Waals surface area (Å²) in [6.45, 7) is 4.11. The van der Waals surface area contributed by atoms with Gasteiger partial charge in [0, 0.05) is 36.7 Å². The highest BCUT2D eigenvalue weighted by Crippen LogP contribution is 2.36. The zero-order valence-corrected chi connectivity index (χ0v) is 15.6. The van der Waals surface area contributed by atoms with Gasteiger partial charge in [-0.05, 0) is 38.4 Å². The van der Waals surface area contributed by atoms with Crippen molar-refractivity contribution in [3.05, 3.63) is 29.6 Å². The minimum absolute atomic E-state index is 0. The van der Waals surface area contributed by atoms with Gasteiger partial charge in [0.25, 0.3) is 0 Å². The maximum Gasteiger partial charge on any atom is 0.131 e. The predicted molar refractivity (Wildman–Crippen MR) is 97.9 cm³/mol. The Bertz CT molecular complexity index is 531. The topological polar surface area (TPSA) is 44.7 Å². The van der Waals surface area contributed by atoms with Crippen LogP contribution in [0.1, 0.15) is 24.8 Å². The van der Waals surface area contributed by atoms with Gasteiger partial charge in [-0.15, -0.1) is 24.8 Å². The average Bonchev–Trinajstić information content (AvgIpc) is 2.53. The molecule has 1 aromatic carbocycles. The van der Waals surface area contributed by atoms with E-state index in [1.807, 2.05) is 0 Å². The van der Waals surface area contributed by atoms with E-state index in [1.165, 1.54) is 6.07 Å². The van der Waals surface area contributed by atoms with E-state index in [4.69, 9.17) is 4.74 Å². The molecule has 2 aliphatic rings. The molecule has 2 fully saturated rings. The first-order valence-corrected chi connectivity index (χ1v) is 8.06. The van der Waals surface area contributed by atoms with Crippen molar-refractivity contribution in [3.63, 3.8) is 0 Å². The van der Waals surface area contributed by atoms with Crippen LogP contribution in [0.2, 0.25) is 0 Å². The second-order valence-electron chi connectivity index (χ2n) is 6.62. The highest BCUT2D eigenvalue weighted by atomic mass is 35.5. The van der Waals surface area contributed by atoms with Crippen LogP contribution in [-0.2, 0) is 6.54 Å². The third-order valence-electron chi connectivity index (χ3n) is 5.12. The van der Waals surface area contributed by atoms with Crippen LogP contribution in [0.3, 0.4) is 0 Å². The summed E-state index contributed by atoms with van der Waals surface area (Å²) in [5, 5.41) is 13.8. The molecule has 2 atom stereocenters. The number of benzene rings is 1. The molecule has 2 heterocycles. The molecule has 0 aromatic heterocycles. The van der Waals surface area contributed by atoms with Crippen LogP contribution >= 0.6 is 24.8 Å². The van der Waals surface area contributed by atoms with Gasteiger partial charge < -0.3 is 15.2 Å². The van der Waals surface area contributed by atoms with Crippen molar-refractivity contribution in [1.82, 2.24) is 10.2 Å². The number of piperidine rings is 2. The quantitative estimate of drug-likeness (QED) is 0.845. The van der Waals surface area contributed by atoms with E-state index in [0.29, 0.717) is 17.9 Å². The number of nitrogens with zero attached hydrogens (tertiary/aromatic N) is 1. The number of ether oxygens (including phenoxy) is 1. The van der Waals surface area contributed by atoms with Crippen molar-refractivity contribution in [1.29, 1.82) is 0 Å². The lowest BCUT2D eigenvalue weighted by molar-refractivity contribution is -0.0516. The highest BCUT2D eigenvalue weighted by Gasteiger charge is 2.42. The molecular formula is C17H27Cl2FN2O2. The Morgan fingerprint density at radius 3 is 2.88 bits per heavy atom. The van der Waals surface area contributed by atoms with Gasteiger partial charge in [0.15, 0.2) is 0 Å². The molecule has 3 rings (SSSR count). The summed E-state index contributed by atoms with van der Waals surface area (Å²) in [5.74, 6) is 0.324. The summed E-state index contributed by atoms with van der Waals surface area (Å²) >= 11 is 0. The van der Waals surface area contributed by atoms with E-state index in [-0.39, 0.29) is 42.2 Å². The second kappa shape index (κ2) is 9.20. The first-order chi connectivity index (χ1) is 10.6. The van der Waals surface area contributed by atoms with Gasteiger partial charge >= 0.3 is 0 Å². The van der Waals surface area contributed by atoms with Crippen molar-refractivity contribution in [2.45, 2.75) is 31.9 Å².